The van der Waals surface area contributed by atoms with Gasteiger partial charge in [0.2, 0.25) is 5.88 Å². The lowest BCUT2D eigenvalue weighted by molar-refractivity contribution is 0.102. The highest BCUT2D eigenvalue weighted by molar-refractivity contribution is 7.13. The molecule has 106 valence electrons. The van der Waals surface area contributed by atoms with Gasteiger partial charge in [0, 0.05) is 11.6 Å². The second-order valence-corrected chi connectivity index (χ2v) is 5.69. The molecule has 0 unspecified atom stereocenters. The predicted octanol–water partition coefficient (Wildman–Crippen LogP) is 3.54. The van der Waals surface area contributed by atoms with E-state index in [9.17, 15) is 4.79 Å². The summed E-state index contributed by atoms with van der Waals surface area (Å²) in [5.74, 6) is 0.0214. The smallest absolute Gasteiger partial charge is 0.259 e. The molecule has 0 atom stereocenters. The normalized spacial score (nSPS) is 10.7. The van der Waals surface area contributed by atoms with Crippen molar-refractivity contribution in [3.05, 3.63) is 33.9 Å². The average Bonchev–Trinajstić information content (AvgIpc) is 2.76. The molecule has 20 heavy (non-hydrogen) atoms. The fourth-order valence-corrected chi connectivity index (χ4v) is 2.33. The lowest BCUT2D eigenvalue weighted by Crippen LogP contribution is -2.13. The molecule has 1 amide bonds. The van der Waals surface area contributed by atoms with E-state index in [-0.39, 0.29) is 12.0 Å². The number of rotatable bonds is 4. The number of aromatic nitrogens is 2. The summed E-state index contributed by atoms with van der Waals surface area (Å²) in [6, 6.07) is 1.53. The summed E-state index contributed by atoms with van der Waals surface area (Å²) in [5.41, 5.74) is 1.22. The molecule has 0 bridgehead atoms. The maximum Gasteiger partial charge on any atom is 0.259 e. The Morgan fingerprint density at radius 2 is 2.25 bits per heavy atom. The van der Waals surface area contributed by atoms with Gasteiger partial charge in [0.05, 0.1) is 17.4 Å². The van der Waals surface area contributed by atoms with E-state index in [1.807, 2.05) is 26.2 Å². The minimum atomic E-state index is -0.301. The van der Waals surface area contributed by atoms with Gasteiger partial charge in [0.25, 0.3) is 5.91 Å². The molecule has 0 aliphatic rings. The summed E-state index contributed by atoms with van der Waals surface area (Å²) in [6.45, 7) is 5.62. The van der Waals surface area contributed by atoms with Crippen molar-refractivity contribution in [1.82, 2.24) is 9.97 Å². The van der Waals surface area contributed by atoms with E-state index in [2.05, 4.69) is 15.3 Å². The Morgan fingerprint density at radius 3 is 2.80 bits per heavy atom. The number of hydrogen-bond donors (Lipinski definition) is 1. The maximum absolute atomic E-state index is 12.0. The van der Waals surface area contributed by atoms with Crippen LogP contribution in [0, 0.1) is 6.92 Å². The van der Waals surface area contributed by atoms with Crippen molar-refractivity contribution in [2.45, 2.75) is 26.9 Å². The van der Waals surface area contributed by atoms with Gasteiger partial charge in [-0.2, -0.15) is 0 Å². The number of nitrogens with zero attached hydrogens (tertiary/aromatic N) is 2. The predicted molar refractivity (Wildman–Crippen MR) is 79.8 cm³/mol. The van der Waals surface area contributed by atoms with Crippen molar-refractivity contribution in [2.75, 3.05) is 5.32 Å². The first-order chi connectivity index (χ1) is 9.45. The van der Waals surface area contributed by atoms with E-state index in [0.29, 0.717) is 21.6 Å². The van der Waals surface area contributed by atoms with Crippen molar-refractivity contribution in [3.8, 4) is 5.88 Å². The largest absolute Gasteiger partial charge is 0.474 e. The van der Waals surface area contributed by atoms with Crippen LogP contribution in [0.15, 0.2) is 17.6 Å². The molecule has 1 N–H and O–H groups in total. The molecule has 0 aliphatic carbocycles. The Kier molecular flexibility index (Phi) is 4.57. The minimum absolute atomic E-state index is 0.0297. The Labute approximate surface area is 126 Å². The number of ether oxygens (including phenoxy) is 1. The minimum Gasteiger partial charge on any atom is -0.474 e. The zero-order chi connectivity index (χ0) is 14.7. The lowest BCUT2D eigenvalue weighted by Gasteiger charge is -2.10. The van der Waals surface area contributed by atoms with Crippen LogP contribution in [0.4, 0.5) is 5.13 Å². The number of hydrogen-bond acceptors (Lipinski definition) is 5. The number of thiazole rings is 1. The van der Waals surface area contributed by atoms with Gasteiger partial charge in [-0.25, -0.2) is 9.97 Å². The maximum atomic E-state index is 12.0. The molecule has 2 aromatic rings. The Morgan fingerprint density at radius 1 is 1.50 bits per heavy atom. The lowest BCUT2D eigenvalue weighted by atomic mass is 10.2. The zero-order valence-electron chi connectivity index (χ0n) is 11.3. The van der Waals surface area contributed by atoms with Crippen LogP contribution < -0.4 is 10.1 Å². The first-order valence-corrected chi connectivity index (χ1v) is 7.27. The monoisotopic (exact) mass is 311 g/mol. The summed E-state index contributed by atoms with van der Waals surface area (Å²) in [6.07, 6.45) is 1.40. The van der Waals surface area contributed by atoms with Crippen molar-refractivity contribution in [3.63, 3.8) is 0 Å². The highest BCUT2D eigenvalue weighted by atomic mass is 35.5. The Balaban J connectivity index is 2.12. The molecule has 2 heterocycles. The molecule has 2 aromatic heterocycles. The fraction of sp³-hybridized carbons (Fsp3) is 0.308. The highest BCUT2D eigenvalue weighted by Crippen LogP contribution is 2.24. The van der Waals surface area contributed by atoms with Gasteiger partial charge in [0.1, 0.15) is 5.02 Å². The fourth-order valence-electron chi connectivity index (χ4n) is 1.44. The summed E-state index contributed by atoms with van der Waals surface area (Å²) in [4.78, 5) is 20.2. The number of anilines is 1. The van der Waals surface area contributed by atoms with E-state index < -0.39 is 0 Å². The summed E-state index contributed by atoms with van der Waals surface area (Å²) in [7, 11) is 0. The van der Waals surface area contributed by atoms with Gasteiger partial charge in [-0.15, -0.1) is 11.3 Å². The van der Waals surface area contributed by atoms with Gasteiger partial charge < -0.3 is 4.74 Å². The average molecular weight is 312 g/mol. The zero-order valence-corrected chi connectivity index (χ0v) is 12.9. The third kappa shape index (κ3) is 3.68. The van der Waals surface area contributed by atoms with Crippen molar-refractivity contribution >= 4 is 34.0 Å². The molecular formula is C13H14ClN3O2S. The number of carbonyl (C=O) groups is 1. The molecule has 7 heteroatoms. The number of nitrogens with one attached hydrogen (secondary N) is 1. The van der Waals surface area contributed by atoms with Crippen molar-refractivity contribution in [2.24, 2.45) is 0 Å². The number of carbonyl (C=O) groups excluding carboxylic acids is 1. The molecule has 0 saturated heterocycles. The van der Waals surface area contributed by atoms with Crippen LogP contribution >= 0.6 is 22.9 Å². The number of amides is 1. The van der Waals surface area contributed by atoms with Crippen molar-refractivity contribution in [1.29, 1.82) is 0 Å². The molecule has 0 aromatic carbocycles. The number of aryl methyl sites for hydroxylation is 1. The molecule has 2 rings (SSSR count). The molecule has 0 saturated carbocycles. The molecular weight excluding hydrogens is 298 g/mol. The van der Waals surface area contributed by atoms with Crippen LogP contribution in [0.2, 0.25) is 5.02 Å². The third-order valence-corrected chi connectivity index (χ3v) is 3.40. The van der Waals surface area contributed by atoms with E-state index in [0.717, 1.165) is 5.69 Å². The summed E-state index contributed by atoms with van der Waals surface area (Å²) < 4.78 is 5.42. The molecule has 0 fully saturated rings. The standard InChI is InChI=1S/C13H14ClN3O2S/c1-7(2)19-12-10(14)4-9(5-15-12)11(18)17-13-16-8(3)6-20-13/h4-7H,1-3H3,(H,16,17,18). The van der Waals surface area contributed by atoms with Gasteiger partial charge in [-0.05, 0) is 26.8 Å². The number of halogens is 1. The molecule has 0 aliphatic heterocycles. The van der Waals surface area contributed by atoms with Crippen LogP contribution in [0.25, 0.3) is 0 Å². The summed E-state index contributed by atoms with van der Waals surface area (Å²) in [5, 5.41) is 5.41. The second kappa shape index (κ2) is 6.19. The Hall–Kier alpha value is -1.66. The second-order valence-electron chi connectivity index (χ2n) is 4.43. The SMILES string of the molecule is Cc1csc(NC(=O)c2cnc(OC(C)C)c(Cl)c2)n1. The van der Waals surface area contributed by atoms with Gasteiger partial charge in [-0.3, -0.25) is 10.1 Å². The van der Waals surface area contributed by atoms with Crippen LogP contribution in [0.5, 0.6) is 5.88 Å². The van der Waals surface area contributed by atoms with Crippen LogP contribution in [-0.2, 0) is 0 Å². The molecule has 5 nitrogen and oxygen atoms in total. The third-order valence-electron chi connectivity index (χ3n) is 2.26. The van der Waals surface area contributed by atoms with Gasteiger partial charge in [0.15, 0.2) is 5.13 Å². The van der Waals surface area contributed by atoms with E-state index in [1.54, 1.807) is 0 Å². The molecule has 0 radical (unpaired) electrons. The number of pyridine rings is 1. The van der Waals surface area contributed by atoms with E-state index in [1.165, 1.54) is 23.6 Å². The quantitative estimate of drug-likeness (QED) is 0.938. The van der Waals surface area contributed by atoms with Gasteiger partial charge >= 0.3 is 0 Å². The summed E-state index contributed by atoms with van der Waals surface area (Å²) >= 11 is 7.41. The van der Waals surface area contributed by atoms with Crippen LogP contribution in [0.1, 0.15) is 29.9 Å². The van der Waals surface area contributed by atoms with E-state index in [4.69, 9.17) is 16.3 Å². The topological polar surface area (TPSA) is 64.1 Å². The first kappa shape index (κ1) is 14.7. The van der Waals surface area contributed by atoms with Crippen molar-refractivity contribution < 1.29 is 9.53 Å². The molecule has 0 spiro atoms. The highest BCUT2D eigenvalue weighted by Gasteiger charge is 2.13. The van der Waals surface area contributed by atoms with Crippen LogP contribution in [-0.4, -0.2) is 22.0 Å². The Bertz CT molecular complexity index is 628. The first-order valence-electron chi connectivity index (χ1n) is 6.01. The van der Waals surface area contributed by atoms with E-state index >= 15 is 0 Å². The van der Waals surface area contributed by atoms with Crippen LogP contribution in [0.3, 0.4) is 0 Å². The van der Waals surface area contributed by atoms with Gasteiger partial charge in [-0.1, -0.05) is 11.6 Å².